The van der Waals surface area contributed by atoms with Gasteiger partial charge in [-0.2, -0.15) is 5.26 Å². The molecule has 0 aromatic carbocycles. The second-order valence-electron chi connectivity index (χ2n) is 4.09. The van der Waals surface area contributed by atoms with Crippen molar-refractivity contribution >= 4 is 5.97 Å². The normalized spacial score (nSPS) is 26.5. The van der Waals surface area contributed by atoms with Crippen molar-refractivity contribution in [2.45, 2.75) is 24.7 Å². The van der Waals surface area contributed by atoms with Crippen molar-refractivity contribution in [1.29, 1.82) is 0 Å². The van der Waals surface area contributed by atoms with Crippen molar-refractivity contribution in [3.05, 3.63) is 35.2 Å². The van der Waals surface area contributed by atoms with Crippen LogP contribution in [0.4, 0.5) is 0 Å². The fourth-order valence-corrected chi connectivity index (χ4v) is 2.69. The number of carbonyl (C=O) groups is 1. The molecule has 2 bridgehead atoms. The number of H-pyrrole nitrogens is 1. The smallest absolute Gasteiger partial charge is 0.355 e. The first-order valence-corrected chi connectivity index (χ1v) is 5.06. The number of fused-ring (bicyclic) bond motifs is 1. The van der Waals surface area contributed by atoms with E-state index in [-0.39, 0.29) is 0 Å². The van der Waals surface area contributed by atoms with Crippen molar-refractivity contribution in [2.75, 3.05) is 0 Å². The molecule has 1 heterocycles. The highest BCUT2D eigenvalue weighted by Gasteiger charge is 2.34. The molecular weight excluding hydrogens is 194 g/mol. The van der Waals surface area contributed by atoms with Crippen LogP contribution in [0, 0.1) is 0 Å². The minimum atomic E-state index is -0.697. The van der Waals surface area contributed by atoms with Gasteiger partial charge in [0.05, 0.1) is 0 Å². The van der Waals surface area contributed by atoms with E-state index in [1.807, 2.05) is 6.20 Å². The maximum atomic E-state index is 11.3. The molecule has 2 N–H and O–H groups in total. The summed E-state index contributed by atoms with van der Waals surface area (Å²) in [5.74, 6) is 0.0176. The van der Waals surface area contributed by atoms with Crippen LogP contribution in [-0.2, 0) is 4.89 Å². The Morgan fingerprint density at radius 1 is 1.40 bits per heavy atom. The molecule has 0 amide bonds. The van der Waals surface area contributed by atoms with Crippen LogP contribution in [0.2, 0.25) is 0 Å². The Bertz CT molecular complexity index is 447. The predicted octanol–water partition coefficient (Wildman–Crippen LogP) is 2.18. The molecule has 3 aliphatic carbocycles. The highest BCUT2D eigenvalue weighted by molar-refractivity contribution is 5.90. The van der Waals surface area contributed by atoms with Crippen molar-refractivity contribution in [2.24, 2.45) is 0 Å². The summed E-state index contributed by atoms with van der Waals surface area (Å²) in [6.45, 7) is 0. The number of allylic oxidation sites excluding steroid dienone is 2. The molecule has 0 saturated heterocycles. The van der Waals surface area contributed by atoms with Crippen molar-refractivity contribution in [1.82, 2.24) is 4.98 Å². The van der Waals surface area contributed by atoms with Crippen LogP contribution in [0.25, 0.3) is 0 Å². The summed E-state index contributed by atoms with van der Waals surface area (Å²) < 4.78 is 0. The predicted molar refractivity (Wildman–Crippen MR) is 52.7 cm³/mol. The average Bonchev–Trinajstić information content (AvgIpc) is 2.76. The van der Waals surface area contributed by atoms with Gasteiger partial charge in [0.25, 0.3) is 0 Å². The van der Waals surface area contributed by atoms with Crippen LogP contribution in [0.15, 0.2) is 18.3 Å². The van der Waals surface area contributed by atoms with Crippen molar-refractivity contribution in [3.8, 4) is 0 Å². The highest BCUT2D eigenvalue weighted by Crippen LogP contribution is 2.46. The van der Waals surface area contributed by atoms with Crippen molar-refractivity contribution in [3.63, 3.8) is 0 Å². The van der Waals surface area contributed by atoms with E-state index in [9.17, 15) is 4.79 Å². The van der Waals surface area contributed by atoms with Crippen LogP contribution in [0.1, 0.15) is 46.3 Å². The molecule has 0 aliphatic heterocycles. The largest absolute Gasteiger partial charge is 0.389 e. The molecule has 0 spiro atoms. The first kappa shape index (κ1) is 8.73. The summed E-state index contributed by atoms with van der Waals surface area (Å²) in [4.78, 5) is 18.0. The minimum absolute atomic E-state index is 0.297. The Morgan fingerprint density at radius 2 is 2.13 bits per heavy atom. The first-order chi connectivity index (χ1) is 7.31. The van der Waals surface area contributed by atoms with Gasteiger partial charge in [-0.1, -0.05) is 12.2 Å². The number of rotatable bonds is 1. The molecule has 1 aromatic rings. The van der Waals surface area contributed by atoms with Gasteiger partial charge in [-0.05, 0) is 24.0 Å². The number of carbonyl (C=O) groups excluding carboxylic acids is 1. The third kappa shape index (κ3) is 1.08. The molecule has 2 unspecified atom stereocenters. The zero-order valence-corrected chi connectivity index (χ0v) is 8.06. The van der Waals surface area contributed by atoms with E-state index in [0.717, 1.165) is 18.4 Å². The zero-order valence-electron chi connectivity index (χ0n) is 8.06. The third-order valence-corrected chi connectivity index (χ3v) is 3.37. The van der Waals surface area contributed by atoms with Gasteiger partial charge < -0.3 is 4.98 Å². The lowest BCUT2D eigenvalue weighted by molar-refractivity contribution is -0.183. The molecule has 4 rings (SSSR count). The van der Waals surface area contributed by atoms with Gasteiger partial charge in [0.15, 0.2) is 0 Å². The molecular formula is C11H11NO3. The lowest BCUT2D eigenvalue weighted by Crippen LogP contribution is -2.18. The number of aromatic nitrogens is 1. The zero-order chi connectivity index (χ0) is 10.4. The Morgan fingerprint density at radius 3 is 2.80 bits per heavy atom. The number of hydrogen-bond donors (Lipinski definition) is 2. The molecule has 0 radical (unpaired) electrons. The van der Waals surface area contributed by atoms with E-state index < -0.39 is 5.97 Å². The Hall–Kier alpha value is -1.55. The molecule has 2 atom stereocenters. The van der Waals surface area contributed by atoms with Crippen LogP contribution in [0.3, 0.4) is 0 Å². The number of nitrogens with one attached hydrogen (secondary N) is 1. The number of aromatic amines is 1. The summed E-state index contributed by atoms with van der Waals surface area (Å²) in [5.41, 5.74) is 2.58. The van der Waals surface area contributed by atoms with Crippen LogP contribution in [0.5, 0.6) is 0 Å². The molecule has 0 fully saturated rings. The van der Waals surface area contributed by atoms with E-state index in [0.29, 0.717) is 17.5 Å². The second kappa shape index (κ2) is 2.97. The standard InChI is InChI=1S/C11H11NO3/c13-11(15-14)10-9-7-3-1-6(2-4-7)8(9)5-12-10/h1,3,5-7,12,14H,2,4H2. The summed E-state index contributed by atoms with van der Waals surface area (Å²) >= 11 is 0. The molecule has 15 heavy (non-hydrogen) atoms. The van der Waals surface area contributed by atoms with E-state index >= 15 is 0 Å². The van der Waals surface area contributed by atoms with Gasteiger partial charge in [0.2, 0.25) is 0 Å². The number of hydrogen-bond acceptors (Lipinski definition) is 3. The van der Waals surface area contributed by atoms with Gasteiger partial charge in [-0.15, -0.1) is 0 Å². The van der Waals surface area contributed by atoms with Gasteiger partial charge in [-0.3, -0.25) is 4.89 Å². The van der Waals surface area contributed by atoms with Gasteiger partial charge in [-0.25, -0.2) is 4.79 Å². The summed E-state index contributed by atoms with van der Waals surface area (Å²) in [6, 6.07) is 0. The SMILES string of the molecule is O=C(OO)c1[nH]cc2c1C1C=CC2CC1. The molecule has 4 heteroatoms. The molecule has 0 saturated carbocycles. The van der Waals surface area contributed by atoms with Crippen molar-refractivity contribution < 1.29 is 14.9 Å². The summed E-state index contributed by atoms with van der Waals surface area (Å²) in [6.07, 6.45) is 8.39. The molecule has 1 aromatic heterocycles. The minimum Gasteiger partial charge on any atom is -0.355 e. The molecule has 78 valence electrons. The molecule has 4 nitrogen and oxygen atoms in total. The summed E-state index contributed by atoms with van der Waals surface area (Å²) in [5, 5.41) is 8.39. The fraction of sp³-hybridized carbons (Fsp3) is 0.364. The second-order valence-corrected chi connectivity index (χ2v) is 4.09. The monoisotopic (exact) mass is 205 g/mol. The lowest BCUT2D eigenvalue weighted by atomic mass is 9.72. The van der Waals surface area contributed by atoms with Crippen LogP contribution in [-0.4, -0.2) is 16.2 Å². The van der Waals surface area contributed by atoms with E-state index in [1.54, 1.807) is 0 Å². The van der Waals surface area contributed by atoms with Gasteiger partial charge in [0.1, 0.15) is 5.69 Å². The average molecular weight is 205 g/mol. The van der Waals surface area contributed by atoms with Crippen LogP contribution < -0.4 is 0 Å². The maximum absolute atomic E-state index is 11.3. The van der Waals surface area contributed by atoms with Gasteiger partial charge in [0, 0.05) is 18.0 Å². The van der Waals surface area contributed by atoms with E-state index in [4.69, 9.17) is 5.26 Å². The lowest BCUT2D eigenvalue weighted by Gasteiger charge is -2.31. The van der Waals surface area contributed by atoms with Gasteiger partial charge >= 0.3 is 5.97 Å². The Balaban J connectivity index is 2.13. The Labute approximate surface area is 86.5 Å². The molecule has 3 aliphatic rings. The Kier molecular flexibility index (Phi) is 1.73. The van der Waals surface area contributed by atoms with E-state index in [2.05, 4.69) is 22.0 Å². The fourth-order valence-electron chi connectivity index (χ4n) is 2.69. The third-order valence-electron chi connectivity index (χ3n) is 3.37. The topological polar surface area (TPSA) is 62.3 Å². The first-order valence-electron chi connectivity index (χ1n) is 5.06. The maximum Gasteiger partial charge on any atom is 0.389 e. The summed E-state index contributed by atoms with van der Waals surface area (Å²) in [7, 11) is 0. The quantitative estimate of drug-likeness (QED) is 0.419. The van der Waals surface area contributed by atoms with E-state index in [1.165, 1.54) is 5.56 Å². The highest BCUT2D eigenvalue weighted by atomic mass is 17.1. The van der Waals surface area contributed by atoms with Crippen LogP contribution >= 0.6 is 0 Å².